The van der Waals surface area contributed by atoms with Crippen molar-refractivity contribution < 1.29 is 37.0 Å². The summed E-state index contributed by atoms with van der Waals surface area (Å²) in [5.74, 6) is -0.657. The van der Waals surface area contributed by atoms with Crippen LogP contribution in [-0.2, 0) is 17.5 Å². The Labute approximate surface area is 166 Å². The summed E-state index contributed by atoms with van der Waals surface area (Å²) < 4.78 is 57.5. The highest BCUT2D eigenvalue weighted by molar-refractivity contribution is 5.86. The Morgan fingerprint density at radius 3 is 2.63 bits per heavy atom. The average Bonchev–Trinajstić information content (AvgIpc) is 3.29. The molecule has 3 heterocycles. The number of hydrogen-bond donors (Lipinski definition) is 2. The number of halogens is 4. The highest BCUT2D eigenvalue weighted by Crippen LogP contribution is 2.27. The van der Waals surface area contributed by atoms with Crippen LogP contribution in [-0.4, -0.2) is 67.6 Å². The van der Waals surface area contributed by atoms with Crippen molar-refractivity contribution in [2.75, 3.05) is 13.7 Å². The highest BCUT2D eigenvalue weighted by Gasteiger charge is 2.40. The van der Waals surface area contributed by atoms with Gasteiger partial charge in [0.1, 0.15) is 12.2 Å². The van der Waals surface area contributed by atoms with E-state index in [0.29, 0.717) is 11.8 Å². The first-order valence-corrected chi connectivity index (χ1v) is 8.53. The molecule has 14 heteroatoms. The van der Waals surface area contributed by atoms with E-state index in [9.17, 15) is 27.2 Å². The van der Waals surface area contributed by atoms with Crippen LogP contribution in [0, 0.1) is 0 Å². The Bertz CT molecular complexity index is 933. The summed E-state index contributed by atoms with van der Waals surface area (Å²) >= 11 is 0. The number of likely N-dealkylation sites (tertiary alicyclic amines) is 1. The third kappa shape index (κ3) is 4.41. The molecule has 0 bridgehead atoms. The number of aromatic nitrogens is 4. The smallest absolute Gasteiger partial charge is 0.434 e. The van der Waals surface area contributed by atoms with Gasteiger partial charge in [-0.25, -0.2) is 23.8 Å². The molecule has 2 N–H and O–H groups in total. The second-order valence-electron chi connectivity index (χ2n) is 6.37. The topological polar surface area (TPSA) is 122 Å². The molecule has 1 fully saturated rings. The number of carboxylic acid groups (broad SMARTS) is 1. The van der Waals surface area contributed by atoms with Gasteiger partial charge in [-0.1, -0.05) is 0 Å². The van der Waals surface area contributed by atoms with Crippen LogP contribution in [0.2, 0.25) is 0 Å². The summed E-state index contributed by atoms with van der Waals surface area (Å²) in [5, 5.41) is 15.6. The van der Waals surface area contributed by atoms with Crippen LogP contribution in [0.5, 0.6) is 5.88 Å². The van der Waals surface area contributed by atoms with E-state index in [0.717, 1.165) is 15.8 Å². The average molecular weight is 432 g/mol. The van der Waals surface area contributed by atoms with Crippen molar-refractivity contribution in [2.24, 2.45) is 0 Å². The number of nitrogens with zero attached hydrogens (tertiary/aromatic N) is 5. The standard InChI is InChI=1S/C16H16F4N6O4/c1-30-14-8(3-23-13(27)10-2-9(17)7-25(10)15(28)29)6-26(24-14)12-5-21-11(4-22-12)16(18,19)20/h4-6,9-10H,2-3,7H2,1H3,(H,23,27)(H,28,29). The summed E-state index contributed by atoms with van der Waals surface area (Å²) in [6.07, 6.45) is -4.94. The number of alkyl halides is 4. The van der Waals surface area contributed by atoms with E-state index in [-0.39, 0.29) is 31.2 Å². The van der Waals surface area contributed by atoms with Gasteiger partial charge in [0.05, 0.1) is 31.6 Å². The maximum Gasteiger partial charge on any atom is 0.434 e. The number of amides is 2. The first kappa shape index (κ1) is 21.3. The van der Waals surface area contributed by atoms with Crippen LogP contribution in [0.1, 0.15) is 17.7 Å². The van der Waals surface area contributed by atoms with E-state index in [1.54, 1.807) is 0 Å². The molecule has 10 nitrogen and oxygen atoms in total. The molecule has 0 saturated carbocycles. The van der Waals surface area contributed by atoms with Gasteiger partial charge in [0.15, 0.2) is 11.5 Å². The number of carbonyl (C=O) groups excluding carboxylic acids is 1. The minimum Gasteiger partial charge on any atom is -0.480 e. The monoisotopic (exact) mass is 432 g/mol. The van der Waals surface area contributed by atoms with Crippen LogP contribution in [0.3, 0.4) is 0 Å². The van der Waals surface area contributed by atoms with Gasteiger partial charge in [0.2, 0.25) is 11.8 Å². The predicted molar refractivity (Wildman–Crippen MR) is 90.6 cm³/mol. The summed E-state index contributed by atoms with van der Waals surface area (Å²) in [6, 6.07) is -1.17. The molecule has 2 amide bonds. The lowest BCUT2D eigenvalue weighted by molar-refractivity contribution is -0.141. The summed E-state index contributed by atoms with van der Waals surface area (Å²) in [6.45, 7) is -0.530. The fourth-order valence-corrected chi connectivity index (χ4v) is 2.94. The van der Waals surface area contributed by atoms with Gasteiger partial charge < -0.3 is 15.2 Å². The lowest BCUT2D eigenvalue weighted by atomic mass is 10.2. The third-order valence-electron chi connectivity index (χ3n) is 4.36. The van der Waals surface area contributed by atoms with Gasteiger partial charge in [-0.3, -0.25) is 9.69 Å². The zero-order valence-corrected chi connectivity index (χ0v) is 15.4. The summed E-state index contributed by atoms with van der Waals surface area (Å²) in [4.78, 5) is 31.1. The van der Waals surface area contributed by atoms with E-state index in [4.69, 9.17) is 9.84 Å². The Morgan fingerprint density at radius 2 is 2.07 bits per heavy atom. The van der Waals surface area contributed by atoms with E-state index in [2.05, 4.69) is 20.4 Å². The van der Waals surface area contributed by atoms with Gasteiger partial charge in [-0.15, -0.1) is 5.10 Å². The van der Waals surface area contributed by atoms with E-state index >= 15 is 0 Å². The van der Waals surface area contributed by atoms with Crippen molar-refractivity contribution in [3.63, 3.8) is 0 Å². The first-order chi connectivity index (χ1) is 14.1. The molecule has 1 aliphatic heterocycles. The van der Waals surface area contributed by atoms with Crippen molar-refractivity contribution in [2.45, 2.75) is 31.4 Å². The molecule has 0 radical (unpaired) electrons. The quantitative estimate of drug-likeness (QED) is 0.685. The molecule has 0 spiro atoms. The lowest BCUT2D eigenvalue weighted by Crippen LogP contribution is -2.45. The SMILES string of the molecule is COc1nn(-c2cnc(C(F)(F)F)cn2)cc1CNC(=O)C1CC(F)CN1C(=O)O. The number of ether oxygens (including phenoxy) is 1. The second kappa shape index (κ2) is 8.12. The zero-order valence-electron chi connectivity index (χ0n) is 15.4. The number of methoxy groups -OCH3 is 1. The molecular formula is C16H16F4N6O4. The molecule has 0 aromatic carbocycles. The van der Waals surface area contributed by atoms with Crippen LogP contribution in [0.15, 0.2) is 18.6 Å². The van der Waals surface area contributed by atoms with Crippen molar-refractivity contribution in [1.82, 2.24) is 30.0 Å². The van der Waals surface area contributed by atoms with Crippen LogP contribution >= 0.6 is 0 Å². The molecule has 3 rings (SSSR count). The number of rotatable bonds is 5. The minimum absolute atomic E-state index is 0.0213. The Balaban J connectivity index is 1.72. The van der Waals surface area contributed by atoms with Crippen molar-refractivity contribution in [1.29, 1.82) is 0 Å². The molecule has 2 atom stereocenters. The minimum atomic E-state index is -4.63. The third-order valence-corrected chi connectivity index (χ3v) is 4.36. The van der Waals surface area contributed by atoms with Crippen molar-refractivity contribution in [3.8, 4) is 11.7 Å². The highest BCUT2D eigenvalue weighted by atomic mass is 19.4. The first-order valence-electron chi connectivity index (χ1n) is 8.53. The molecular weight excluding hydrogens is 416 g/mol. The van der Waals surface area contributed by atoms with E-state index in [1.165, 1.54) is 13.3 Å². The van der Waals surface area contributed by atoms with E-state index < -0.39 is 36.1 Å². The van der Waals surface area contributed by atoms with Gasteiger partial charge >= 0.3 is 12.3 Å². The second-order valence-corrected chi connectivity index (χ2v) is 6.37. The largest absolute Gasteiger partial charge is 0.480 e. The Hall–Kier alpha value is -3.45. The molecule has 1 aliphatic rings. The lowest BCUT2D eigenvalue weighted by Gasteiger charge is -2.20. The van der Waals surface area contributed by atoms with Gasteiger partial charge in [0, 0.05) is 19.2 Å². The Kier molecular flexibility index (Phi) is 5.75. The van der Waals surface area contributed by atoms with Crippen molar-refractivity contribution in [3.05, 3.63) is 29.8 Å². The van der Waals surface area contributed by atoms with Crippen LogP contribution < -0.4 is 10.1 Å². The van der Waals surface area contributed by atoms with Crippen LogP contribution in [0.25, 0.3) is 5.82 Å². The number of nitrogens with one attached hydrogen (secondary N) is 1. The molecule has 162 valence electrons. The summed E-state index contributed by atoms with van der Waals surface area (Å²) in [5.41, 5.74) is -0.826. The molecule has 1 saturated heterocycles. The fraction of sp³-hybridized carbons (Fsp3) is 0.438. The summed E-state index contributed by atoms with van der Waals surface area (Å²) in [7, 11) is 1.30. The molecule has 2 aromatic heterocycles. The van der Waals surface area contributed by atoms with Crippen molar-refractivity contribution >= 4 is 12.0 Å². The molecule has 0 aliphatic carbocycles. The molecule has 2 unspecified atom stereocenters. The Morgan fingerprint density at radius 1 is 1.33 bits per heavy atom. The van der Waals surface area contributed by atoms with Crippen LogP contribution in [0.4, 0.5) is 22.4 Å². The van der Waals surface area contributed by atoms with E-state index in [1.807, 2.05) is 0 Å². The maximum atomic E-state index is 13.5. The van der Waals surface area contributed by atoms with Gasteiger partial charge in [-0.05, 0) is 0 Å². The number of hydrogen-bond acceptors (Lipinski definition) is 6. The zero-order chi connectivity index (χ0) is 22.1. The fourth-order valence-electron chi connectivity index (χ4n) is 2.94. The molecule has 30 heavy (non-hydrogen) atoms. The predicted octanol–water partition coefficient (Wildman–Crippen LogP) is 1.40. The van der Waals surface area contributed by atoms with Gasteiger partial charge in [0.25, 0.3) is 0 Å². The maximum absolute atomic E-state index is 13.5. The van der Waals surface area contributed by atoms with Gasteiger partial charge in [-0.2, -0.15) is 13.2 Å². The molecule has 2 aromatic rings. The normalized spacial score (nSPS) is 19.0. The number of carbonyl (C=O) groups is 2.